The fourth-order valence-corrected chi connectivity index (χ4v) is 1.47. The first-order valence-corrected chi connectivity index (χ1v) is 5.36. The highest BCUT2D eigenvalue weighted by molar-refractivity contribution is 5.27. The van der Waals surface area contributed by atoms with Crippen LogP contribution in [0.2, 0.25) is 0 Å². The summed E-state index contributed by atoms with van der Waals surface area (Å²) < 4.78 is 43.5. The molecule has 0 aliphatic heterocycles. The lowest BCUT2D eigenvalue weighted by atomic mass is 10.1. The number of alkyl halides is 3. The van der Waals surface area contributed by atoms with Crippen LogP contribution in [0, 0.1) is 0 Å². The molecule has 3 nitrogen and oxygen atoms in total. The van der Waals surface area contributed by atoms with Gasteiger partial charge in [0, 0.05) is 11.8 Å². The Bertz CT molecular complexity index is 355. The number of pyridine rings is 1. The molecule has 0 spiro atoms. The standard InChI is InChI=1S/C11H15F3N2O/c1-3-16-10(11(12,13)14)8-5-9(17-4-2)7-15-6-8/h5-7,10,16H,3-4H2,1-2H3. The van der Waals surface area contributed by atoms with Gasteiger partial charge in [0.15, 0.2) is 0 Å². The van der Waals surface area contributed by atoms with Crippen LogP contribution in [-0.2, 0) is 0 Å². The van der Waals surface area contributed by atoms with Crippen LogP contribution in [0.3, 0.4) is 0 Å². The number of hydrogen-bond acceptors (Lipinski definition) is 3. The van der Waals surface area contributed by atoms with Crippen molar-refractivity contribution >= 4 is 0 Å². The molecule has 0 aliphatic rings. The Morgan fingerprint density at radius 2 is 2.06 bits per heavy atom. The number of nitrogens with one attached hydrogen (secondary N) is 1. The Hall–Kier alpha value is -1.30. The number of aromatic nitrogens is 1. The molecule has 0 fully saturated rings. The molecule has 1 unspecified atom stereocenters. The van der Waals surface area contributed by atoms with Gasteiger partial charge in [-0.25, -0.2) is 0 Å². The van der Waals surface area contributed by atoms with E-state index in [1.165, 1.54) is 18.5 Å². The van der Waals surface area contributed by atoms with Crippen LogP contribution in [0.5, 0.6) is 5.75 Å². The summed E-state index contributed by atoms with van der Waals surface area (Å²) in [5, 5.41) is 2.39. The summed E-state index contributed by atoms with van der Waals surface area (Å²) in [6, 6.07) is -0.350. The van der Waals surface area contributed by atoms with E-state index >= 15 is 0 Å². The maximum Gasteiger partial charge on any atom is 0.407 e. The van der Waals surface area contributed by atoms with Gasteiger partial charge < -0.3 is 10.1 Å². The minimum atomic E-state index is -4.34. The number of ether oxygens (including phenoxy) is 1. The molecule has 0 saturated carbocycles. The Morgan fingerprint density at radius 3 is 2.59 bits per heavy atom. The average Bonchev–Trinajstić information content (AvgIpc) is 2.25. The summed E-state index contributed by atoms with van der Waals surface area (Å²) >= 11 is 0. The zero-order chi connectivity index (χ0) is 12.9. The van der Waals surface area contributed by atoms with Gasteiger partial charge in [-0.05, 0) is 19.5 Å². The number of nitrogens with zero attached hydrogens (tertiary/aromatic N) is 1. The Labute approximate surface area is 98.0 Å². The predicted octanol–water partition coefficient (Wildman–Crippen LogP) is 2.69. The van der Waals surface area contributed by atoms with Crippen molar-refractivity contribution in [2.75, 3.05) is 13.2 Å². The topological polar surface area (TPSA) is 34.2 Å². The van der Waals surface area contributed by atoms with Crippen molar-refractivity contribution in [3.63, 3.8) is 0 Å². The molecule has 0 saturated heterocycles. The second-order valence-corrected chi connectivity index (χ2v) is 3.42. The molecule has 0 bridgehead atoms. The largest absolute Gasteiger partial charge is 0.492 e. The number of hydrogen-bond donors (Lipinski definition) is 1. The van der Waals surface area contributed by atoms with Crippen molar-refractivity contribution in [2.45, 2.75) is 26.1 Å². The summed E-state index contributed by atoms with van der Waals surface area (Å²) in [6.07, 6.45) is -1.75. The summed E-state index contributed by atoms with van der Waals surface area (Å²) in [5.41, 5.74) is 0.0605. The van der Waals surface area contributed by atoms with Crippen molar-refractivity contribution in [2.24, 2.45) is 0 Å². The summed E-state index contributed by atoms with van der Waals surface area (Å²) in [7, 11) is 0. The number of halogens is 3. The molecular weight excluding hydrogens is 233 g/mol. The average molecular weight is 248 g/mol. The quantitative estimate of drug-likeness (QED) is 0.870. The lowest BCUT2D eigenvalue weighted by Crippen LogP contribution is -2.34. The molecule has 1 rings (SSSR count). The fraction of sp³-hybridized carbons (Fsp3) is 0.545. The molecule has 17 heavy (non-hydrogen) atoms. The van der Waals surface area contributed by atoms with E-state index in [1.54, 1.807) is 13.8 Å². The third-order valence-corrected chi connectivity index (χ3v) is 2.11. The normalized spacial score (nSPS) is 13.5. The third kappa shape index (κ3) is 3.89. The lowest BCUT2D eigenvalue weighted by Gasteiger charge is -2.21. The Kier molecular flexibility index (Phi) is 4.74. The summed E-state index contributed by atoms with van der Waals surface area (Å²) in [5.74, 6) is 0.345. The predicted molar refractivity (Wildman–Crippen MR) is 57.9 cm³/mol. The van der Waals surface area contributed by atoms with Gasteiger partial charge >= 0.3 is 6.18 Å². The van der Waals surface area contributed by atoms with Crippen LogP contribution in [0.15, 0.2) is 18.5 Å². The van der Waals surface area contributed by atoms with E-state index in [0.29, 0.717) is 12.4 Å². The van der Waals surface area contributed by atoms with E-state index in [4.69, 9.17) is 4.74 Å². The maximum absolute atomic E-state index is 12.8. The van der Waals surface area contributed by atoms with E-state index in [2.05, 4.69) is 10.3 Å². The smallest absolute Gasteiger partial charge is 0.407 e. The van der Waals surface area contributed by atoms with Gasteiger partial charge in [-0.2, -0.15) is 13.2 Å². The van der Waals surface area contributed by atoms with Gasteiger partial charge in [0.25, 0.3) is 0 Å². The first-order valence-electron chi connectivity index (χ1n) is 5.36. The van der Waals surface area contributed by atoms with Gasteiger partial charge in [-0.3, -0.25) is 4.98 Å². The molecule has 1 aromatic rings. The lowest BCUT2D eigenvalue weighted by molar-refractivity contribution is -0.157. The molecule has 1 atom stereocenters. The summed E-state index contributed by atoms with van der Waals surface area (Å²) in [4.78, 5) is 3.75. The molecule has 1 N–H and O–H groups in total. The van der Waals surface area contributed by atoms with Crippen molar-refractivity contribution in [3.05, 3.63) is 24.0 Å². The SMILES string of the molecule is CCNC(c1cncc(OCC)c1)C(F)(F)F. The van der Waals surface area contributed by atoms with Crippen molar-refractivity contribution in [3.8, 4) is 5.75 Å². The van der Waals surface area contributed by atoms with Gasteiger partial charge in [-0.1, -0.05) is 6.92 Å². The van der Waals surface area contributed by atoms with Crippen LogP contribution in [0.4, 0.5) is 13.2 Å². The van der Waals surface area contributed by atoms with Crippen molar-refractivity contribution in [1.82, 2.24) is 10.3 Å². The van der Waals surface area contributed by atoms with E-state index in [0.717, 1.165) is 0 Å². The maximum atomic E-state index is 12.8. The molecule has 0 radical (unpaired) electrons. The second-order valence-electron chi connectivity index (χ2n) is 3.42. The van der Waals surface area contributed by atoms with E-state index in [-0.39, 0.29) is 12.1 Å². The highest BCUT2D eigenvalue weighted by Crippen LogP contribution is 2.33. The van der Waals surface area contributed by atoms with Gasteiger partial charge in [0.05, 0.1) is 12.8 Å². The molecule has 0 aromatic carbocycles. The first-order chi connectivity index (χ1) is 7.99. The molecule has 0 amide bonds. The van der Waals surface area contributed by atoms with Gasteiger partial charge in [0.2, 0.25) is 0 Å². The highest BCUT2D eigenvalue weighted by atomic mass is 19.4. The van der Waals surface area contributed by atoms with Gasteiger partial charge in [-0.15, -0.1) is 0 Å². The monoisotopic (exact) mass is 248 g/mol. The minimum Gasteiger partial charge on any atom is -0.492 e. The number of rotatable bonds is 5. The molecule has 1 heterocycles. The van der Waals surface area contributed by atoms with Crippen LogP contribution in [0.25, 0.3) is 0 Å². The Balaban J connectivity index is 2.97. The van der Waals surface area contributed by atoms with Crippen LogP contribution < -0.4 is 10.1 Å². The zero-order valence-corrected chi connectivity index (χ0v) is 9.71. The van der Waals surface area contributed by atoms with Crippen molar-refractivity contribution in [1.29, 1.82) is 0 Å². The Morgan fingerprint density at radius 1 is 1.35 bits per heavy atom. The van der Waals surface area contributed by atoms with Crippen molar-refractivity contribution < 1.29 is 17.9 Å². The molecular formula is C11H15F3N2O. The zero-order valence-electron chi connectivity index (χ0n) is 9.71. The van der Waals surface area contributed by atoms with E-state index in [1.807, 2.05) is 0 Å². The van der Waals surface area contributed by atoms with E-state index in [9.17, 15) is 13.2 Å². The molecule has 0 aliphatic carbocycles. The second kappa shape index (κ2) is 5.86. The fourth-order valence-electron chi connectivity index (χ4n) is 1.47. The first kappa shape index (κ1) is 13.8. The van der Waals surface area contributed by atoms with Crippen LogP contribution in [0.1, 0.15) is 25.5 Å². The van der Waals surface area contributed by atoms with Crippen LogP contribution >= 0.6 is 0 Å². The summed E-state index contributed by atoms with van der Waals surface area (Å²) in [6.45, 7) is 4.00. The highest BCUT2D eigenvalue weighted by Gasteiger charge is 2.40. The molecule has 6 heteroatoms. The third-order valence-electron chi connectivity index (χ3n) is 2.11. The molecule has 1 aromatic heterocycles. The molecule has 96 valence electrons. The van der Waals surface area contributed by atoms with Crippen LogP contribution in [-0.4, -0.2) is 24.3 Å². The van der Waals surface area contributed by atoms with Gasteiger partial charge in [0.1, 0.15) is 11.8 Å². The van der Waals surface area contributed by atoms with E-state index < -0.39 is 12.2 Å². The minimum absolute atomic E-state index is 0.0605.